The summed E-state index contributed by atoms with van der Waals surface area (Å²) in [6, 6.07) is 0. The van der Waals surface area contributed by atoms with Gasteiger partial charge in [0.2, 0.25) is 0 Å². The summed E-state index contributed by atoms with van der Waals surface area (Å²) in [6.45, 7) is 11.6. The number of carbonyl (C=O) groups excluding carboxylic acids is 1. The first-order valence-electron chi connectivity index (χ1n) is 10.4. The van der Waals surface area contributed by atoms with Gasteiger partial charge < -0.3 is 19.7 Å². The van der Waals surface area contributed by atoms with Crippen LogP contribution in [0.1, 0.15) is 67.2 Å². The predicted molar refractivity (Wildman–Crippen MR) is 106 cm³/mol. The lowest BCUT2D eigenvalue weighted by molar-refractivity contribution is -0.214. The van der Waals surface area contributed by atoms with Crippen LogP contribution in [0.25, 0.3) is 0 Å². The molecule has 1 aliphatic carbocycles. The molecule has 2 N–H and O–H groups in total. The van der Waals surface area contributed by atoms with Crippen molar-refractivity contribution in [1.29, 1.82) is 0 Å². The van der Waals surface area contributed by atoms with Gasteiger partial charge in [-0.2, -0.15) is 0 Å². The molecule has 4 unspecified atom stereocenters. The predicted octanol–water partition coefficient (Wildman–Crippen LogP) is 3.57. The molecule has 0 aromatic carbocycles. The molecular weight excluding hydrogens is 360 g/mol. The van der Waals surface area contributed by atoms with E-state index in [4.69, 9.17) is 19.7 Å². The van der Waals surface area contributed by atoms with Crippen molar-refractivity contribution in [2.75, 3.05) is 6.61 Å². The third-order valence-electron chi connectivity index (χ3n) is 7.32. The van der Waals surface area contributed by atoms with Gasteiger partial charge in [-0.15, -0.1) is 0 Å². The second-order valence-corrected chi connectivity index (χ2v) is 9.15. The van der Waals surface area contributed by atoms with Crippen LogP contribution in [-0.4, -0.2) is 46.1 Å². The molecule has 0 aromatic heterocycles. The maximum atomic E-state index is 11.6. The fraction of sp³-hybridized carbons (Fsp3) is 0.818. The van der Waals surface area contributed by atoms with Crippen LogP contribution in [0, 0.1) is 23.7 Å². The first-order valence-corrected chi connectivity index (χ1v) is 10.4. The van der Waals surface area contributed by atoms with Crippen LogP contribution in [0.15, 0.2) is 11.6 Å². The molecule has 2 saturated heterocycles. The van der Waals surface area contributed by atoms with E-state index in [9.17, 15) is 9.59 Å². The normalized spacial score (nSPS) is 39.2. The number of aliphatic carboxylic acids is 1. The summed E-state index contributed by atoms with van der Waals surface area (Å²) in [5.41, 5.74) is -0.169. The van der Waals surface area contributed by atoms with Gasteiger partial charge in [-0.3, -0.25) is 0 Å². The monoisotopic (exact) mass is 396 g/mol. The fourth-order valence-electron chi connectivity index (χ4n) is 5.29. The minimum atomic E-state index is -0.845. The van der Waals surface area contributed by atoms with Gasteiger partial charge in [0.25, 0.3) is 0 Å². The number of ether oxygens (including phenoxy) is 2. The highest BCUT2D eigenvalue weighted by molar-refractivity contribution is 5.85. The molecule has 0 amide bonds. The van der Waals surface area contributed by atoms with Crippen molar-refractivity contribution >= 4 is 11.9 Å². The maximum absolute atomic E-state index is 11.6. The number of allylic oxidation sites excluding steroid dienone is 1. The van der Waals surface area contributed by atoms with Gasteiger partial charge in [-0.25, -0.2) is 9.59 Å². The lowest BCUT2D eigenvalue weighted by Crippen LogP contribution is -2.53. The molecule has 28 heavy (non-hydrogen) atoms. The summed E-state index contributed by atoms with van der Waals surface area (Å²) in [5.74, 6) is 0.899. The number of carbonyl (C=O) groups is 2. The summed E-state index contributed by atoms with van der Waals surface area (Å²) in [4.78, 5) is 21.5. The number of esters is 1. The highest BCUT2D eigenvalue weighted by Gasteiger charge is 2.66. The Kier molecular flexibility index (Phi) is 6.98. The third kappa shape index (κ3) is 4.13. The van der Waals surface area contributed by atoms with Crippen LogP contribution >= 0.6 is 0 Å². The molecule has 3 rings (SSSR count). The molecule has 0 radical (unpaired) electrons. The van der Waals surface area contributed by atoms with Gasteiger partial charge in [0.05, 0.1) is 5.60 Å². The van der Waals surface area contributed by atoms with Crippen molar-refractivity contribution in [3.63, 3.8) is 0 Å². The molecule has 2 bridgehead atoms. The van der Waals surface area contributed by atoms with Crippen molar-refractivity contribution in [1.82, 2.24) is 0 Å². The third-order valence-corrected chi connectivity index (χ3v) is 7.32. The number of aliphatic hydroxyl groups is 1. The lowest BCUT2D eigenvalue weighted by Gasteiger charge is -2.48. The van der Waals surface area contributed by atoms with Crippen LogP contribution in [0.4, 0.5) is 0 Å². The van der Waals surface area contributed by atoms with Crippen molar-refractivity contribution in [2.24, 2.45) is 23.7 Å². The Morgan fingerprint density at radius 3 is 2.39 bits per heavy atom. The Balaban J connectivity index is 0.000000345. The molecule has 160 valence electrons. The van der Waals surface area contributed by atoms with Gasteiger partial charge in [-0.1, -0.05) is 33.3 Å². The number of hydrogen-bond acceptors (Lipinski definition) is 5. The Hall–Kier alpha value is -1.40. The van der Waals surface area contributed by atoms with E-state index in [2.05, 4.69) is 27.7 Å². The zero-order valence-corrected chi connectivity index (χ0v) is 18.0. The van der Waals surface area contributed by atoms with Gasteiger partial charge in [0, 0.05) is 12.0 Å². The Morgan fingerprint density at radius 2 is 1.93 bits per heavy atom. The summed E-state index contributed by atoms with van der Waals surface area (Å²) < 4.78 is 12.2. The van der Waals surface area contributed by atoms with E-state index in [-0.39, 0.29) is 17.3 Å². The topological polar surface area (TPSA) is 93.1 Å². The minimum absolute atomic E-state index is 0.172. The number of carboxylic acids is 1. The second-order valence-electron chi connectivity index (χ2n) is 9.15. The molecule has 2 heterocycles. The molecule has 0 spiro atoms. The van der Waals surface area contributed by atoms with Gasteiger partial charge >= 0.3 is 11.9 Å². The second kappa shape index (κ2) is 8.54. The Morgan fingerprint density at radius 1 is 1.29 bits per heavy atom. The largest absolute Gasteiger partial charge is 0.478 e. The lowest BCUT2D eigenvalue weighted by atomic mass is 9.72. The quantitative estimate of drug-likeness (QED) is 0.557. The van der Waals surface area contributed by atoms with Gasteiger partial charge in [0.1, 0.15) is 18.3 Å². The van der Waals surface area contributed by atoms with E-state index in [1.54, 1.807) is 19.9 Å². The number of aliphatic hydroxyl groups excluding tert-OH is 1. The van der Waals surface area contributed by atoms with Gasteiger partial charge in [-0.05, 0) is 57.3 Å². The maximum Gasteiger partial charge on any atom is 0.332 e. The molecule has 0 aromatic rings. The van der Waals surface area contributed by atoms with Crippen LogP contribution in [-0.2, 0) is 19.1 Å². The van der Waals surface area contributed by atoms with Gasteiger partial charge in [0.15, 0.2) is 0 Å². The van der Waals surface area contributed by atoms with E-state index < -0.39 is 18.5 Å². The zero-order valence-electron chi connectivity index (χ0n) is 18.0. The average molecular weight is 397 g/mol. The Labute approximate surface area is 168 Å². The van der Waals surface area contributed by atoms with Crippen LogP contribution in [0.3, 0.4) is 0 Å². The van der Waals surface area contributed by atoms with E-state index in [1.165, 1.54) is 6.42 Å². The van der Waals surface area contributed by atoms with E-state index >= 15 is 0 Å². The number of carboxylic acid groups (broad SMARTS) is 1. The summed E-state index contributed by atoms with van der Waals surface area (Å²) in [7, 11) is 0. The molecule has 1 saturated carbocycles. The fourth-order valence-corrected chi connectivity index (χ4v) is 5.29. The molecule has 3 aliphatic rings. The first-order chi connectivity index (χ1) is 13.0. The molecule has 6 heteroatoms. The molecular formula is C22H36O6. The van der Waals surface area contributed by atoms with E-state index in [1.807, 2.05) is 0 Å². The highest BCUT2D eigenvalue weighted by Crippen LogP contribution is 2.62. The number of rotatable bonds is 4. The van der Waals surface area contributed by atoms with Crippen molar-refractivity contribution in [3.05, 3.63) is 11.6 Å². The SMILES string of the molecule is C/C=C(\C)C(=O)O.CC(C)C12CC3[C@H](C)CC[C@H]3C(C)(O1)C(OC(=O)CO)C2. The molecule has 2 aliphatic heterocycles. The summed E-state index contributed by atoms with van der Waals surface area (Å²) in [5, 5.41) is 17.1. The van der Waals surface area contributed by atoms with Crippen LogP contribution < -0.4 is 0 Å². The smallest absolute Gasteiger partial charge is 0.332 e. The zero-order chi connectivity index (χ0) is 21.3. The Bertz CT molecular complexity index is 627. The number of hydrogen-bond donors (Lipinski definition) is 2. The van der Waals surface area contributed by atoms with E-state index in [0.29, 0.717) is 23.3 Å². The summed E-state index contributed by atoms with van der Waals surface area (Å²) in [6.07, 6.45) is 5.58. The molecule has 6 atom stereocenters. The van der Waals surface area contributed by atoms with Crippen molar-refractivity contribution < 1.29 is 29.3 Å². The minimum Gasteiger partial charge on any atom is -0.478 e. The van der Waals surface area contributed by atoms with Crippen molar-refractivity contribution in [3.8, 4) is 0 Å². The van der Waals surface area contributed by atoms with E-state index in [0.717, 1.165) is 25.2 Å². The average Bonchev–Trinajstić information content (AvgIpc) is 3.12. The van der Waals surface area contributed by atoms with Crippen LogP contribution in [0.5, 0.6) is 0 Å². The molecule has 6 nitrogen and oxygen atoms in total. The van der Waals surface area contributed by atoms with Crippen LogP contribution in [0.2, 0.25) is 0 Å². The number of fused-ring (bicyclic) bond motifs is 4. The highest BCUT2D eigenvalue weighted by atomic mass is 16.6. The molecule has 3 fully saturated rings. The van der Waals surface area contributed by atoms with Crippen molar-refractivity contribution in [2.45, 2.75) is 84.5 Å². The summed E-state index contributed by atoms with van der Waals surface area (Å²) >= 11 is 0. The standard InChI is InChI=1S/C17H28O4.C5H8O2/c1-10(2)17-7-12-11(3)5-6-13(12)16(4,21-17)14(8-17)20-15(19)9-18;1-3-4(2)5(6)7/h10-14,18H,5-9H2,1-4H3;3H,1-2H3,(H,6,7)/b;4-3+/t11-,12?,13-,14?,16?,17?;/m1./s1. The first kappa shape index (κ1) is 22.9.